The second-order valence-corrected chi connectivity index (χ2v) is 6.99. The normalized spacial score (nSPS) is 23.2. The molecule has 0 bridgehead atoms. The molecule has 1 fully saturated rings. The Morgan fingerprint density at radius 2 is 2.00 bits per heavy atom. The van der Waals surface area contributed by atoms with Crippen LogP contribution < -0.4 is 10.6 Å². The fourth-order valence-electron chi connectivity index (χ4n) is 2.15. The molecule has 7 heteroatoms. The van der Waals surface area contributed by atoms with E-state index in [9.17, 15) is 14.7 Å². The average Bonchev–Trinajstić information content (AvgIpc) is 2.71. The fourth-order valence-corrected chi connectivity index (χ4v) is 2.15. The van der Waals surface area contributed by atoms with Gasteiger partial charge in [0.15, 0.2) is 6.29 Å². The Kier molecular flexibility index (Phi) is 6.62. The van der Waals surface area contributed by atoms with Gasteiger partial charge in [0, 0.05) is 0 Å². The van der Waals surface area contributed by atoms with Gasteiger partial charge in [-0.05, 0) is 39.5 Å². The number of aliphatic hydroxyl groups excluding tert-OH is 1. The largest absolute Gasteiger partial charge is 0.444 e. The number of hydrogen-bond acceptors (Lipinski definition) is 5. The molecule has 3 N–H and O–H groups in total. The van der Waals surface area contributed by atoms with Gasteiger partial charge in [-0.25, -0.2) is 4.79 Å². The van der Waals surface area contributed by atoms with Crippen LogP contribution in [-0.4, -0.2) is 47.7 Å². The Morgan fingerprint density at radius 3 is 2.45 bits per heavy atom. The van der Waals surface area contributed by atoms with Crippen molar-refractivity contribution in [2.45, 2.75) is 71.4 Å². The first-order chi connectivity index (χ1) is 10.1. The summed E-state index contributed by atoms with van der Waals surface area (Å²) in [7, 11) is 0. The zero-order valence-corrected chi connectivity index (χ0v) is 14.0. The molecule has 0 radical (unpaired) electrons. The number of hydrogen-bond donors (Lipinski definition) is 3. The summed E-state index contributed by atoms with van der Waals surface area (Å²) < 4.78 is 10.2. The summed E-state index contributed by atoms with van der Waals surface area (Å²) in [5, 5.41) is 14.9. The highest BCUT2D eigenvalue weighted by Gasteiger charge is 2.31. The quantitative estimate of drug-likeness (QED) is 0.707. The van der Waals surface area contributed by atoms with Crippen molar-refractivity contribution in [3.63, 3.8) is 0 Å². The molecule has 0 aromatic rings. The Hall–Kier alpha value is -1.34. The summed E-state index contributed by atoms with van der Waals surface area (Å²) >= 11 is 0. The van der Waals surface area contributed by atoms with E-state index >= 15 is 0 Å². The number of nitrogens with one attached hydrogen (secondary N) is 2. The maximum Gasteiger partial charge on any atom is 0.408 e. The van der Waals surface area contributed by atoms with Gasteiger partial charge in [-0.3, -0.25) is 4.79 Å². The summed E-state index contributed by atoms with van der Waals surface area (Å²) in [6.45, 7) is 9.61. The Bertz CT molecular complexity index is 392. The fraction of sp³-hybridized carbons (Fsp3) is 0.867. The molecule has 1 rings (SSSR count). The Balaban J connectivity index is 2.62. The van der Waals surface area contributed by atoms with Crippen LogP contribution in [-0.2, 0) is 14.3 Å². The first kappa shape index (κ1) is 18.7. The zero-order chi connectivity index (χ0) is 16.9. The summed E-state index contributed by atoms with van der Waals surface area (Å²) in [6.07, 6.45) is -0.593. The van der Waals surface area contributed by atoms with Crippen LogP contribution in [0.25, 0.3) is 0 Å². The minimum absolute atomic E-state index is 0.218. The maximum atomic E-state index is 12.3. The van der Waals surface area contributed by atoms with Gasteiger partial charge in [0.2, 0.25) is 5.91 Å². The highest BCUT2D eigenvalue weighted by atomic mass is 16.6. The molecule has 7 nitrogen and oxygen atoms in total. The van der Waals surface area contributed by atoms with Crippen molar-refractivity contribution in [3.05, 3.63) is 0 Å². The first-order valence-electron chi connectivity index (χ1n) is 7.68. The second-order valence-electron chi connectivity index (χ2n) is 6.99. The van der Waals surface area contributed by atoms with Crippen LogP contribution in [0.4, 0.5) is 4.79 Å². The van der Waals surface area contributed by atoms with Gasteiger partial charge in [0.1, 0.15) is 11.6 Å². The monoisotopic (exact) mass is 316 g/mol. The third kappa shape index (κ3) is 6.62. The number of alkyl carbamates (subject to hydrolysis) is 1. The topological polar surface area (TPSA) is 96.9 Å². The number of carbonyl (C=O) groups is 2. The van der Waals surface area contributed by atoms with Crippen LogP contribution in [0.3, 0.4) is 0 Å². The van der Waals surface area contributed by atoms with Gasteiger partial charge < -0.3 is 25.2 Å². The molecule has 2 amide bonds. The second kappa shape index (κ2) is 7.78. The molecule has 1 aliphatic heterocycles. The SMILES string of the molecule is CC(C)CC(NC(=O)OC(C)(C)C)C(=O)NC1CCOC1O. The highest BCUT2D eigenvalue weighted by molar-refractivity contribution is 5.85. The molecule has 128 valence electrons. The molecule has 3 atom stereocenters. The van der Waals surface area contributed by atoms with Crippen molar-refractivity contribution in [2.75, 3.05) is 6.61 Å². The lowest BCUT2D eigenvalue weighted by atomic mass is 10.0. The average molecular weight is 316 g/mol. The molecule has 0 aromatic heterocycles. The van der Waals surface area contributed by atoms with E-state index in [1.165, 1.54) is 0 Å². The molecule has 1 aliphatic rings. The number of rotatable bonds is 5. The van der Waals surface area contributed by atoms with Crippen molar-refractivity contribution >= 4 is 12.0 Å². The van der Waals surface area contributed by atoms with Crippen molar-refractivity contribution in [3.8, 4) is 0 Å². The van der Waals surface area contributed by atoms with Crippen LogP contribution in [0, 0.1) is 5.92 Å². The number of ether oxygens (including phenoxy) is 2. The molecule has 0 aromatic carbocycles. The molecule has 0 aliphatic carbocycles. The van der Waals surface area contributed by atoms with Crippen molar-refractivity contribution in [1.82, 2.24) is 10.6 Å². The minimum Gasteiger partial charge on any atom is -0.444 e. The lowest BCUT2D eigenvalue weighted by Crippen LogP contribution is -2.52. The van der Waals surface area contributed by atoms with Gasteiger partial charge in [0.25, 0.3) is 0 Å². The third-order valence-corrected chi connectivity index (χ3v) is 3.10. The predicted octanol–water partition coefficient (Wildman–Crippen LogP) is 1.15. The van der Waals surface area contributed by atoms with Crippen LogP contribution in [0.5, 0.6) is 0 Å². The Morgan fingerprint density at radius 1 is 1.36 bits per heavy atom. The van der Waals surface area contributed by atoms with Crippen molar-refractivity contribution in [2.24, 2.45) is 5.92 Å². The lowest BCUT2D eigenvalue weighted by Gasteiger charge is -2.25. The van der Waals surface area contributed by atoms with E-state index in [0.717, 1.165) is 0 Å². The van der Waals surface area contributed by atoms with E-state index in [1.54, 1.807) is 20.8 Å². The van der Waals surface area contributed by atoms with E-state index in [1.807, 2.05) is 13.8 Å². The van der Waals surface area contributed by atoms with E-state index < -0.39 is 30.1 Å². The summed E-state index contributed by atoms with van der Waals surface area (Å²) in [4.78, 5) is 24.2. The number of aliphatic hydroxyl groups is 1. The number of amides is 2. The zero-order valence-electron chi connectivity index (χ0n) is 14.0. The Labute approximate surface area is 131 Å². The van der Waals surface area contributed by atoms with Crippen LogP contribution in [0.15, 0.2) is 0 Å². The van der Waals surface area contributed by atoms with Gasteiger partial charge in [0.05, 0.1) is 12.6 Å². The molecular weight excluding hydrogens is 288 g/mol. The van der Waals surface area contributed by atoms with Crippen LogP contribution in [0.2, 0.25) is 0 Å². The van der Waals surface area contributed by atoms with E-state index in [2.05, 4.69) is 10.6 Å². The van der Waals surface area contributed by atoms with Gasteiger partial charge >= 0.3 is 6.09 Å². The van der Waals surface area contributed by atoms with E-state index in [0.29, 0.717) is 19.4 Å². The van der Waals surface area contributed by atoms with Crippen molar-refractivity contribution in [1.29, 1.82) is 0 Å². The smallest absolute Gasteiger partial charge is 0.408 e. The van der Waals surface area contributed by atoms with Crippen LogP contribution >= 0.6 is 0 Å². The van der Waals surface area contributed by atoms with Crippen molar-refractivity contribution < 1.29 is 24.2 Å². The molecule has 0 saturated carbocycles. The maximum absolute atomic E-state index is 12.3. The molecular formula is C15H28N2O5. The summed E-state index contributed by atoms with van der Waals surface area (Å²) in [6, 6.07) is -1.15. The molecule has 0 spiro atoms. The number of carbonyl (C=O) groups excluding carboxylic acids is 2. The predicted molar refractivity (Wildman–Crippen MR) is 81.1 cm³/mol. The highest BCUT2D eigenvalue weighted by Crippen LogP contribution is 2.13. The van der Waals surface area contributed by atoms with Gasteiger partial charge in [-0.2, -0.15) is 0 Å². The van der Waals surface area contributed by atoms with Crippen LogP contribution in [0.1, 0.15) is 47.5 Å². The lowest BCUT2D eigenvalue weighted by molar-refractivity contribution is -0.127. The third-order valence-electron chi connectivity index (χ3n) is 3.10. The molecule has 3 unspecified atom stereocenters. The summed E-state index contributed by atoms with van der Waals surface area (Å²) in [5.74, 6) is -0.121. The van der Waals surface area contributed by atoms with Gasteiger partial charge in [-0.1, -0.05) is 13.8 Å². The first-order valence-corrected chi connectivity index (χ1v) is 7.68. The minimum atomic E-state index is -0.995. The molecule has 22 heavy (non-hydrogen) atoms. The summed E-state index contributed by atoms with van der Waals surface area (Å²) in [5.41, 5.74) is -0.627. The van der Waals surface area contributed by atoms with E-state index in [4.69, 9.17) is 9.47 Å². The van der Waals surface area contributed by atoms with Gasteiger partial charge in [-0.15, -0.1) is 0 Å². The molecule has 1 saturated heterocycles. The van der Waals surface area contributed by atoms with E-state index in [-0.39, 0.29) is 11.8 Å². The standard InChI is InChI=1S/C15H28N2O5/c1-9(2)8-11(17-14(20)22-15(3,4)5)12(18)16-10-6-7-21-13(10)19/h9-11,13,19H,6-8H2,1-5H3,(H,16,18)(H,17,20). The molecule has 1 heterocycles.